The van der Waals surface area contributed by atoms with Crippen molar-refractivity contribution in [1.29, 1.82) is 0 Å². The van der Waals surface area contributed by atoms with Crippen molar-refractivity contribution < 1.29 is 0 Å². The molecule has 0 radical (unpaired) electrons. The van der Waals surface area contributed by atoms with Gasteiger partial charge in [0.2, 0.25) is 0 Å². The second-order valence-corrected chi connectivity index (χ2v) is 6.65. The fourth-order valence-electron chi connectivity index (χ4n) is 4.51. The Kier molecular flexibility index (Phi) is 4.08. The Labute approximate surface area is 112 Å². The van der Waals surface area contributed by atoms with Crippen LogP contribution in [0.2, 0.25) is 0 Å². The van der Waals surface area contributed by atoms with Gasteiger partial charge in [0, 0.05) is 6.04 Å². The van der Waals surface area contributed by atoms with Crippen LogP contribution in [0.4, 0.5) is 0 Å². The lowest BCUT2D eigenvalue weighted by atomic mass is 9.93. The van der Waals surface area contributed by atoms with Crippen LogP contribution in [0.25, 0.3) is 0 Å². The molecule has 0 bridgehead atoms. The zero-order chi connectivity index (χ0) is 12.4. The molecule has 3 aliphatic rings. The van der Waals surface area contributed by atoms with E-state index >= 15 is 0 Å². The van der Waals surface area contributed by atoms with Crippen LogP contribution in [0.3, 0.4) is 0 Å². The second-order valence-electron chi connectivity index (χ2n) is 6.65. The Bertz CT molecular complexity index is 297. The van der Waals surface area contributed by atoms with Gasteiger partial charge in [0.05, 0.1) is 0 Å². The summed E-state index contributed by atoms with van der Waals surface area (Å²) in [5.41, 5.74) is 1.78. The van der Waals surface area contributed by atoms with Gasteiger partial charge in [0.15, 0.2) is 0 Å². The number of nitrogens with one attached hydrogen (secondary N) is 1. The number of hydrogen-bond donors (Lipinski definition) is 1. The van der Waals surface area contributed by atoms with Crippen LogP contribution in [-0.4, -0.2) is 12.6 Å². The van der Waals surface area contributed by atoms with Crippen molar-refractivity contribution in [3.63, 3.8) is 0 Å². The first-order chi connectivity index (χ1) is 8.92. The molecule has 0 aromatic carbocycles. The molecule has 0 amide bonds. The summed E-state index contributed by atoms with van der Waals surface area (Å²) in [7, 11) is 0. The zero-order valence-electron chi connectivity index (χ0n) is 12.0. The van der Waals surface area contributed by atoms with Gasteiger partial charge in [0.1, 0.15) is 0 Å². The third-order valence-corrected chi connectivity index (χ3v) is 5.45. The maximum absolute atomic E-state index is 3.89. The zero-order valence-corrected chi connectivity index (χ0v) is 12.0. The SMILES string of the molecule is CCCNC(C1=CCCCCC1)C1C2CCCC21. The molecule has 2 saturated carbocycles. The minimum absolute atomic E-state index is 0.748. The van der Waals surface area contributed by atoms with Gasteiger partial charge in [-0.25, -0.2) is 0 Å². The van der Waals surface area contributed by atoms with Gasteiger partial charge < -0.3 is 5.32 Å². The van der Waals surface area contributed by atoms with Crippen molar-refractivity contribution in [2.75, 3.05) is 6.54 Å². The van der Waals surface area contributed by atoms with E-state index in [1.807, 2.05) is 0 Å². The molecule has 0 saturated heterocycles. The van der Waals surface area contributed by atoms with E-state index in [9.17, 15) is 0 Å². The van der Waals surface area contributed by atoms with Gasteiger partial charge in [-0.15, -0.1) is 0 Å². The molecule has 1 N–H and O–H groups in total. The molecule has 18 heavy (non-hydrogen) atoms. The standard InChI is InChI=1S/C17H29N/c1-2-12-18-17(13-8-5-3-4-6-9-13)16-14-10-7-11-15(14)16/h8,14-18H,2-7,9-12H2,1H3. The van der Waals surface area contributed by atoms with Crippen molar-refractivity contribution in [3.05, 3.63) is 11.6 Å². The average Bonchev–Trinajstić information content (AvgIpc) is 2.98. The quantitative estimate of drug-likeness (QED) is 0.715. The number of hydrogen-bond acceptors (Lipinski definition) is 1. The fourth-order valence-corrected chi connectivity index (χ4v) is 4.51. The minimum Gasteiger partial charge on any atom is -0.310 e. The third-order valence-electron chi connectivity index (χ3n) is 5.45. The predicted molar refractivity (Wildman–Crippen MR) is 77.6 cm³/mol. The fraction of sp³-hybridized carbons (Fsp3) is 0.882. The van der Waals surface area contributed by atoms with Crippen molar-refractivity contribution in [1.82, 2.24) is 5.32 Å². The molecule has 0 aromatic heterocycles. The molecule has 3 atom stereocenters. The van der Waals surface area contributed by atoms with Crippen LogP contribution in [0.15, 0.2) is 11.6 Å². The summed E-state index contributed by atoms with van der Waals surface area (Å²) in [6, 6.07) is 0.748. The molecular formula is C17H29N. The molecule has 0 aromatic rings. The van der Waals surface area contributed by atoms with E-state index in [1.54, 1.807) is 5.57 Å². The topological polar surface area (TPSA) is 12.0 Å². The van der Waals surface area contributed by atoms with Crippen molar-refractivity contribution in [2.24, 2.45) is 17.8 Å². The molecular weight excluding hydrogens is 218 g/mol. The van der Waals surface area contributed by atoms with Gasteiger partial charge in [-0.2, -0.15) is 0 Å². The molecule has 3 rings (SSSR count). The van der Waals surface area contributed by atoms with Gasteiger partial charge in [-0.1, -0.05) is 31.4 Å². The monoisotopic (exact) mass is 247 g/mol. The average molecular weight is 247 g/mol. The van der Waals surface area contributed by atoms with Gasteiger partial charge in [-0.3, -0.25) is 0 Å². The molecule has 0 heterocycles. The van der Waals surface area contributed by atoms with Crippen molar-refractivity contribution >= 4 is 0 Å². The Morgan fingerprint density at radius 1 is 1.17 bits per heavy atom. The highest BCUT2D eigenvalue weighted by Gasteiger charge is 2.56. The highest BCUT2D eigenvalue weighted by Crippen LogP contribution is 2.60. The first-order valence-corrected chi connectivity index (χ1v) is 8.34. The number of allylic oxidation sites excluding steroid dienone is 1. The molecule has 2 fully saturated rings. The van der Waals surface area contributed by atoms with Gasteiger partial charge in [0.25, 0.3) is 0 Å². The molecule has 1 nitrogen and oxygen atoms in total. The maximum Gasteiger partial charge on any atom is 0.0313 e. The first kappa shape index (κ1) is 12.7. The molecule has 1 heteroatoms. The van der Waals surface area contributed by atoms with Crippen LogP contribution < -0.4 is 5.32 Å². The normalized spacial score (nSPS) is 36.7. The number of rotatable bonds is 5. The Morgan fingerprint density at radius 3 is 2.78 bits per heavy atom. The largest absolute Gasteiger partial charge is 0.310 e. The lowest BCUT2D eigenvalue weighted by Gasteiger charge is -2.23. The third kappa shape index (κ3) is 2.52. The van der Waals surface area contributed by atoms with E-state index in [4.69, 9.17) is 0 Å². The van der Waals surface area contributed by atoms with Gasteiger partial charge >= 0.3 is 0 Å². The van der Waals surface area contributed by atoms with Crippen LogP contribution in [0.5, 0.6) is 0 Å². The van der Waals surface area contributed by atoms with Crippen LogP contribution >= 0.6 is 0 Å². The highest BCUT2D eigenvalue weighted by molar-refractivity contribution is 5.21. The highest BCUT2D eigenvalue weighted by atomic mass is 14.9. The summed E-state index contributed by atoms with van der Waals surface area (Å²) in [5.74, 6) is 3.18. The summed E-state index contributed by atoms with van der Waals surface area (Å²) in [6.45, 7) is 3.50. The maximum atomic E-state index is 3.89. The lowest BCUT2D eigenvalue weighted by Crippen LogP contribution is -2.35. The minimum atomic E-state index is 0.748. The summed E-state index contributed by atoms with van der Waals surface area (Å²) < 4.78 is 0. The van der Waals surface area contributed by atoms with Crippen LogP contribution in [0, 0.1) is 17.8 Å². The molecule has 3 unspecified atom stereocenters. The summed E-state index contributed by atoms with van der Waals surface area (Å²) in [5, 5.41) is 3.89. The van der Waals surface area contributed by atoms with Gasteiger partial charge in [-0.05, 0) is 69.2 Å². The van der Waals surface area contributed by atoms with Crippen molar-refractivity contribution in [3.8, 4) is 0 Å². The summed E-state index contributed by atoms with van der Waals surface area (Å²) >= 11 is 0. The van der Waals surface area contributed by atoms with E-state index in [2.05, 4.69) is 18.3 Å². The van der Waals surface area contributed by atoms with E-state index < -0.39 is 0 Å². The molecule has 0 aliphatic heterocycles. The predicted octanol–water partition coefficient (Wildman–Crippen LogP) is 4.29. The molecule has 3 aliphatic carbocycles. The van der Waals surface area contributed by atoms with Crippen molar-refractivity contribution in [2.45, 2.75) is 70.8 Å². The number of fused-ring (bicyclic) bond motifs is 1. The van der Waals surface area contributed by atoms with E-state index in [-0.39, 0.29) is 0 Å². The Hall–Kier alpha value is -0.300. The first-order valence-electron chi connectivity index (χ1n) is 8.34. The van der Waals surface area contributed by atoms with E-state index in [0.29, 0.717) is 0 Å². The summed E-state index contributed by atoms with van der Waals surface area (Å²) in [4.78, 5) is 0. The Balaban J connectivity index is 1.67. The summed E-state index contributed by atoms with van der Waals surface area (Å²) in [6.07, 6.45) is 15.4. The van der Waals surface area contributed by atoms with E-state index in [1.165, 1.54) is 64.3 Å². The molecule has 102 valence electrons. The van der Waals surface area contributed by atoms with Crippen LogP contribution in [0.1, 0.15) is 64.7 Å². The smallest absolute Gasteiger partial charge is 0.0313 e. The van der Waals surface area contributed by atoms with Crippen LogP contribution in [-0.2, 0) is 0 Å². The lowest BCUT2D eigenvalue weighted by molar-refractivity contribution is 0.437. The van der Waals surface area contributed by atoms with E-state index in [0.717, 1.165) is 23.8 Å². The Morgan fingerprint density at radius 2 is 2.00 bits per heavy atom. The second kappa shape index (κ2) is 5.77. The molecule has 0 spiro atoms.